The molecular weight excluding hydrogens is 308 g/mol. The van der Waals surface area contributed by atoms with E-state index in [2.05, 4.69) is 29.2 Å². The second kappa shape index (κ2) is 6.34. The second-order valence-corrected chi connectivity index (χ2v) is 6.58. The van der Waals surface area contributed by atoms with E-state index in [0.717, 1.165) is 16.1 Å². The van der Waals surface area contributed by atoms with Gasteiger partial charge in [-0.25, -0.2) is 4.98 Å². The molecule has 3 aromatic rings. The van der Waals surface area contributed by atoms with Gasteiger partial charge in [-0.05, 0) is 12.0 Å². The van der Waals surface area contributed by atoms with E-state index < -0.39 is 0 Å². The Balaban J connectivity index is 1.92. The summed E-state index contributed by atoms with van der Waals surface area (Å²) >= 11 is 1.52. The van der Waals surface area contributed by atoms with Crippen molar-refractivity contribution in [1.29, 1.82) is 0 Å². The zero-order valence-electron chi connectivity index (χ0n) is 13.3. The standard InChI is InChI=1S/C17H18N4OS/c1-11(2)15-14(12-7-5-4-6-8-12)19-17(23-15)20-16(22)13-9-10-18-21(13)3/h4-11H,1-3H3,(H,19,20,22). The third kappa shape index (κ3) is 3.17. The Labute approximate surface area is 139 Å². The van der Waals surface area contributed by atoms with Crippen molar-refractivity contribution in [3.63, 3.8) is 0 Å². The Morgan fingerprint density at radius 3 is 2.57 bits per heavy atom. The lowest BCUT2D eigenvalue weighted by Gasteiger charge is -2.04. The first-order chi connectivity index (χ1) is 11.1. The fraction of sp³-hybridized carbons (Fsp3) is 0.235. The largest absolute Gasteiger partial charge is 0.296 e. The fourth-order valence-corrected chi connectivity index (χ4v) is 3.32. The molecule has 0 aliphatic rings. The molecule has 0 saturated carbocycles. The summed E-state index contributed by atoms with van der Waals surface area (Å²) in [5.41, 5.74) is 2.51. The highest BCUT2D eigenvalue weighted by Gasteiger charge is 2.18. The summed E-state index contributed by atoms with van der Waals surface area (Å²) in [6, 6.07) is 11.7. The summed E-state index contributed by atoms with van der Waals surface area (Å²) in [4.78, 5) is 18.1. The van der Waals surface area contributed by atoms with Gasteiger partial charge in [-0.2, -0.15) is 5.10 Å². The molecule has 118 valence electrons. The zero-order valence-corrected chi connectivity index (χ0v) is 14.1. The molecule has 23 heavy (non-hydrogen) atoms. The van der Waals surface area contributed by atoms with Crippen molar-refractivity contribution in [2.24, 2.45) is 7.05 Å². The van der Waals surface area contributed by atoms with Crippen molar-refractivity contribution in [2.75, 3.05) is 5.32 Å². The van der Waals surface area contributed by atoms with Crippen LogP contribution in [-0.2, 0) is 7.05 Å². The minimum Gasteiger partial charge on any atom is -0.296 e. The molecular formula is C17H18N4OS. The van der Waals surface area contributed by atoms with E-state index >= 15 is 0 Å². The number of rotatable bonds is 4. The van der Waals surface area contributed by atoms with E-state index in [4.69, 9.17) is 0 Å². The molecule has 2 aromatic heterocycles. The molecule has 1 amide bonds. The lowest BCUT2D eigenvalue weighted by Crippen LogP contribution is -2.15. The maximum absolute atomic E-state index is 12.3. The molecule has 5 nitrogen and oxygen atoms in total. The lowest BCUT2D eigenvalue weighted by molar-refractivity contribution is 0.101. The summed E-state index contributed by atoms with van der Waals surface area (Å²) in [6.45, 7) is 4.26. The van der Waals surface area contributed by atoms with Crippen molar-refractivity contribution in [3.8, 4) is 11.3 Å². The molecule has 0 saturated heterocycles. The first-order valence-corrected chi connectivity index (χ1v) is 8.23. The van der Waals surface area contributed by atoms with Crippen LogP contribution in [0.3, 0.4) is 0 Å². The lowest BCUT2D eigenvalue weighted by atomic mass is 10.1. The van der Waals surface area contributed by atoms with Gasteiger partial charge in [-0.1, -0.05) is 44.2 Å². The van der Waals surface area contributed by atoms with Gasteiger partial charge in [-0.15, -0.1) is 11.3 Å². The number of nitrogens with zero attached hydrogens (tertiary/aromatic N) is 3. The van der Waals surface area contributed by atoms with E-state index in [1.54, 1.807) is 24.0 Å². The maximum atomic E-state index is 12.3. The van der Waals surface area contributed by atoms with Crippen LogP contribution < -0.4 is 5.32 Å². The van der Waals surface area contributed by atoms with Gasteiger partial charge < -0.3 is 0 Å². The van der Waals surface area contributed by atoms with Gasteiger partial charge in [0, 0.05) is 23.7 Å². The molecule has 0 bridgehead atoms. The number of thiazole rings is 1. The van der Waals surface area contributed by atoms with E-state index in [-0.39, 0.29) is 5.91 Å². The van der Waals surface area contributed by atoms with Crippen molar-refractivity contribution in [3.05, 3.63) is 53.2 Å². The number of aromatic nitrogens is 3. The highest BCUT2D eigenvalue weighted by Crippen LogP contribution is 2.36. The molecule has 0 aliphatic carbocycles. The number of hydrogen-bond acceptors (Lipinski definition) is 4. The monoisotopic (exact) mass is 326 g/mol. The highest BCUT2D eigenvalue weighted by molar-refractivity contribution is 7.16. The third-order valence-corrected chi connectivity index (χ3v) is 4.77. The predicted octanol–water partition coefficient (Wildman–Crippen LogP) is 3.92. The summed E-state index contributed by atoms with van der Waals surface area (Å²) in [5, 5.41) is 7.50. The normalized spacial score (nSPS) is 11.0. The first kappa shape index (κ1) is 15.4. The average Bonchev–Trinajstić information content (AvgIpc) is 3.14. The summed E-state index contributed by atoms with van der Waals surface area (Å²) in [7, 11) is 1.74. The Morgan fingerprint density at radius 2 is 1.96 bits per heavy atom. The average molecular weight is 326 g/mol. The molecule has 1 aromatic carbocycles. The number of hydrogen-bond donors (Lipinski definition) is 1. The molecule has 0 aliphatic heterocycles. The number of carbonyl (C=O) groups excluding carboxylic acids is 1. The van der Waals surface area contributed by atoms with Crippen molar-refractivity contribution in [2.45, 2.75) is 19.8 Å². The van der Waals surface area contributed by atoms with Crippen LogP contribution in [0.5, 0.6) is 0 Å². The SMILES string of the molecule is CC(C)c1sc(NC(=O)c2ccnn2C)nc1-c1ccccc1. The summed E-state index contributed by atoms with van der Waals surface area (Å²) in [5.74, 6) is 0.138. The van der Waals surface area contributed by atoms with E-state index in [1.807, 2.05) is 30.3 Å². The zero-order chi connectivity index (χ0) is 16.4. The van der Waals surface area contributed by atoms with Crippen molar-refractivity contribution < 1.29 is 4.79 Å². The molecule has 0 radical (unpaired) electrons. The minimum absolute atomic E-state index is 0.200. The number of amides is 1. The van der Waals surface area contributed by atoms with E-state index in [0.29, 0.717) is 16.7 Å². The van der Waals surface area contributed by atoms with Gasteiger partial charge in [0.2, 0.25) is 0 Å². The number of carbonyl (C=O) groups is 1. The Morgan fingerprint density at radius 1 is 1.22 bits per heavy atom. The molecule has 6 heteroatoms. The van der Waals surface area contributed by atoms with Gasteiger partial charge in [-0.3, -0.25) is 14.8 Å². The quantitative estimate of drug-likeness (QED) is 0.790. The van der Waals surface area contributed by atoms with Crippen LogP contribution in [-0.4, -0.2) is 20.7 Å². The Hall–Kier alpha value is -2.47. The van der Waals surface area contributed by atoms with Crippen LogP contribution in [0.2, 0.25) is 0 Å². The number of aryl methyl sites for hydroxylation is 1. The van der Waals surface area contributed by atoms with Gasteiger partial charge in [0.1, 0.15) is 5.69 Å². The van der Waals surface area contributed by atoms with Crippen LogP contribution in [0.4, 0.5) is 5.13 Å². The van der Waals surface area contributed by atoms with Gasteiger partial charge in [0.05, 0.1) is 5.69 Å². The Kier molecular flexibility index (Phi) is 4.25. The molecule has 3 rings (SSSR count). The number of benzene rings is 1. The smallest absolute Gasteiger partial charge is 0.275 e. The second-order valence-electron chi connectivity index (χ2n) is 5.55. The number of nitrogens with one attached hydrogen (secondary N) is 1. The first-order valence-electron chi connectivity index (χ1n) is 7.41. The molecule has 0 fully saturated rings. The van der Waals surface area contributed by atoms with E-state index in [1.165, 1.54) is 11.3 Å². The topological polar surface area (TPSA) is 59.8 Å². The van der Waals surface area contributed by atoms with Crippen LogP contribution in [0.1, 0.15) is 35.1 Å². The van der Waals surface area contributed by atoms with Crippen LogP contribution in [0, 0.1) is 0 Å². The molecule has 0 unspecified atom stereocenters. The maximum Gasteiger partial charge on any atom is 0.275 e. The van der Waals surface area contributed by atoms with Gasteiger partial charge >= 0.3 is 0 Å². The van der Waals surface area contributed by atoms with Crippen LogP contribution in [0.25, 0.3) is 11.3 Å². The van der Waals surface area contributed by atoms with Gasteiger partial charge in [0.15, 0.2) is 5.13 Å². The Bertz CT molecular complexity index is 820. The molecule has 1 N–H and O–H groups in total. The highest BCUT2D eigenvalue weighted by atomic mass is 32.1. The third-order valence-electron chi connectivity index (χ3n) is 3.50. The predicted molar refractivity (Wildman–Crippen MR) is 92.8 cm³/mol. The van der Waals surface area contributed by atoms with Crippen molar-refractivity contribution >= 4 is 22.4 Å². The molecule has 0 spiro atoms. The number of anilines is 1. The van der Waals surface area contributed by atoms with Crippen molar-refractivity contribution in [1.82, 2.24) is 14.8 Å². The van der Waals surface area contributed by atoms with Crippen LogP contribution >= 0.6 is 11.3 Å². The van der Waals surface area contributed by atoms with E-state index in [9.17, 15) is 4.79 Å². The summed E-state index contributed by atoms with van der Waals surface area (Å²) < 4.78 is 1.55. The minimum atomic E-state index is -0.200. The fourth-order valence-electron chi connectivity index (χ4n) is 2.34. The molecule has 2 heterocycles. The van der Waals surface area contributed by atoms with Gasteiger partial charge in [0.25, 0.3) is 5.91 Å². The summed E-state index contributed by atoms with van der Waals surface area (Å²) in [6.07, 6.45) is 1.60. The molecule has 0 atom stereocenters. The van der Waals surface area contributed by atoms with Crippen LogP contribution in [0.15, 0.2) is 42.6 Å².